The summed E-state index contributed by atoms with van der Waals surface area (Å²) in [4.78, 5) is 0. The summed E-state index contributed by atoms with van der Waals surface area (Å²) in [6.45, 7) is 0.915. The van der Waals surface area contributed by atoms with Gasteiger partial charge in [0.15, 0.2) is 0 Å². The van der Waals surface area contributed by atoms with E-state index in [4.69, 9.17) is 28.3 Å². The Bertz CT molecular complexity index is 841. The highest BCUT2D eigenvalue weighted by atomic mass is 35.5. The van der Waals surface area contributed by atoms with E-state index in [1.54, 1.807) is 6.07 Å². The predicted octanol–water partition coefficient (Wildman–Crippen LogP) is 4.81. The van der Waals surface area contributed by atoms with E-state index in [0.717, 1.165) is 35.7 Å². The molecule has 0 fully saturated rings. The first kappa shape index (κ1) is 13.7. The zero-order chi connectivity index (χ0) is 15.1. The predicted molar refractivity (Wildman–Crippen MR) is 91.2 cm³/mol. The van der Waals surface area contributed by atoms with E-state index >= 15 is 0 Å². The molecule has 0 bridgehead atoms. The molecular formula is C17H13Cl2N3. The normalized spacial score (nSPS) is 13.0. The maximum atomic E-state index is 6.35. The number of nitrogens with zero attached hydrogens (tertiary/aromatic N) is 2. The van der Waals surface area contributed by atoms with Gasteiger partial charge in [0.1, 0.15) is 5.82 Å². The fourth-order valence-electron chi connectivity index (χ4n) is 2.83. The van der Waals surface area contributed by atoms with E-state index in [-0.39, 0.29) is 0 Å². The van der Waals surface area contributed by atoms with Crippen LogP contribution in [0, 0.1) is 0 Å². The smallest absolute Gasteiger partial charge is 0.133 e. The van der Waals surface area contributed by atoms with Crippen LogP contribution in [0.15, 0.2) is 48.5 Å². The summed E-state index contributed by atoms with van der Waals surface area (Å²) < 4.78 is 1.88. The largest absolute Gasteiger partial charge is 0.369 e. The van der Waals surface area contributed by atoms with Crippen molar-refractivity contribution in [1.29, 1.82) is 0 Å². The van der Waals surface area contributed by atoms with E-state index < -0.39 is 0 Å². The standard InChI is InChI=1S/C17H13Cl2N3/c18-12-6-7-15(14(19)10-12)22-17-13(8-9-20-17)16(21-22)11-4-2-1-3-5-11/h1-7,10,20H,8-9H2. The monoisotopic (exact) mass is 329 g/mol. The Morgan fingerprint density at radius 3 is 2.64 bits per heavy atom. The molecule has 0 atom stereocenters. The van der Waals surface area contributed by atoms with E-state index in [9.17, 15) is 0 Å². The van der Waals surface area contributed by atoms with Gasteiger partial charge in [0.25, 0.3) is 0 Å². The fourth-order valence-corrected chi connectivity index (χ4v) is 3.32. The lowest BCUT2D eigenvalue weighted by molar-refractivity contribution is 0.882. The number of nitrogens with one attached hydrogen (secondary N) is 1. The van der Waals surface area contributed by atoms with Crippen LogP contribution in [0.1, 0.15) is 5.56 Å². The zero-order valence-electron chi connectivity index (χ0n) is 11.7. The Hall–Kier alpha value is -1.97. The van der Waals surface area contributed by atoms with Gasteiger partial charge >= 0.3 is 0 Å². The summed E-state index contributed by atoms with van der Waals surface area (Å²) in [6, 6.07) is 15.7. The van der Waals surface area contributed by atoms with Crippen molar-refractivity contribution in [2.24, 2.45) is 0 Å². The van der Waals surface area contributed by atoms with Crippen molar-refractivity contribution in [2.75, 3.05) is 11.9 Å². The van der Waals surface area contributed by atoms with E-state index in [1.807, 2.05) is 35.0 Å². The van der Waals surface area contributed by atoms with Crippen LogP contribution in [-0.2, 0) is 6.42 Å². The Morgan fingerprint density at radius 1 is 1.05 bits per heavy atom. The van der Waals surface area contributed by atoms with Crippen LogP contribution < -0.4 is 5.32 Å². The van der Waals surface area contributed by atoms with Crippen LogP contribution in [0.25, 0.3) is 16.9 Å². The highest BCUT2D eigenvalue weighted by molar-refractivity contribution is 6.35. The second-order valence-corrected chi connectivity index (χ2v) is 6.07. The molecule has 0 spiro atoms. The topological polar surface area (TPSA) is 29.9 Å². The minimum absolute atomic E-state index is 0.589. The van der Waals surface area contributed by atoms with Crippen LogP contribution >= 0.6 is 23.2 Å². The van der Waals surface area contributed by atoms with Crippen molar-refractivity contribution in [3.8, 4) is 16.9 Å². The summed E-state index contributed by atoms with van der Waals surface area (Å²) in [5, 5.41) is 9.41. The van der Waals surface area contributed by atoms with Crippen molar-refractivity contribution in [2.45, 2.75) is 6.42 Å². The van der Waals surface area contributed by atoms with Gasteiger partial charge < -0.3 is 5.32 Å². The average molecular weight is 330 g/mol. The highest BCUT2D eigenvalue weighted by Crippen LogP contribution is 2.36. The van der Waals surface area contributed by atoms with Crippen molar-refractivity contribution < 1.29 is 0 Å². The molecule has 0 saturated heterocycles. The first-order valence-electron chi connectivity index (χ1n) is 7.10. The van der Waals surface area contributed by atoms with E-state index in [2.05, 4.69) is 17.4 Å². The number of benzene rings is 2. The molecule has 4 rings (SSSR count). The van der Waals surface area contributed by atoms with Crippen LogP contribution in [0.3, 0.4) is 0 Å². The Morgan fingerprint density at radius 2 is 1.86 bits per heavy atom. The second-order valence-electron chi connectivity index (χ2n) is 5.23. The molecule has 2 aromatic carbocycles. The molecule has 22 heavy (non-hydrogen) atoms. The Labute approximate surface area is 138 Å². The van der Waals surface area contributed by atoms with E-state index in [0.29, 0.717) is 10.0 Å². The molecule has 1 aliphatic heterocycles. The molecule has 0 radical (unpaired) electrons. The van der Waals surface area contributed by atoms with Gasteiger partial charge in [-0.25, -0.2) is 4.68 Å². The minimum Gasteiger partial charge on any atom is -0.369 e. The molecule has 110 valence electrons. The van der Waals surface area contributed by atoms with Gasteiger partial charge in [-0.2, -0.15) is 5.10 Å². The Kier molecular flexibility index (Phi) is 3.32. The van der Waals surface area contributed by atoms with Gasteiger partial charge in [-0.1, -0.05) is 53.5 Å². The van der Waals surface area contributed by atoms with Gasteiger partial charge in [0, 0.05) is 22.7 Å². The molecule has 1 aliphatic rings. The van der Waals surface area contributed by atoms with Crippen LogP contribution in [0.4, 0.5) is 5.82 Å². The molecule has 0 unspecified atom stereocenters. The van der Waals surface area contributed by atoms with Gasteiger partial charge in [-0.05, 0) is 24.6 Å². The molecule has 3 aromatic rings. The average Bonchev–Trinajstić information content (AvgIpc) is 3.11. The lowest BCUT2D eigenvalue weighted by Crippen LogP contribution is -2.04. The van der Waals surface area contributed by atoms with Crippen molar-refractivity contribution in [3.05, 3.63) is 64.1 Å². The third kappa shape index (κ3) is 2.18. The van der Waals surface area contributed by atoms with Gasteiger partial charge in [0.05, 0.1) is 16.4 Å². The molecule has 0 amide bonds. The number of hydrogen-bond acceptors (Lipinski definition) is 2. The summed E-state index contributed by atoms with van der Waals surface area (Å²) in [7, 11) is 0. The maximum absolute atomic E-state index is 6.35. The molecule has 0 aliphatic carbocycles. The third-order valence-corrected chi connectivity index (χ3v) is 4.37. The summed E-state index contributed by atoms with van der Waals surface area (Å²) in [5.41, 5.74) is 4.19. The van der Waals surface area contributed by atoms with Crippen molar-refractivity contribution in [1.82, 2.24) is 9.78 Å². The van der Waals surface area contributed by atoms with Gasteiger partial charge in [0.2, 0.25) is 0 Å². The summed E-state index contributed by atoms with van der Waals surface area (Å²) >= 11 is 12.3. The molecule has 1 N–H and O–H groups in total. The quantitative estimate of drug-likeness (QED) is 0.730. The lowest BCUT2D eigenvalue weighted by Gasteiger charge is -2.08. The third-order valence-electron chi connectivity index (χ3n) is 3.84. The van der Waals surface area contributed by atoms with Gasteiger partial charge in [-0.15, -0.1) is 0 Å². The summed E-state index contributed by atoms with van der Waals surface area (Å²) in [5.74, 6) is 1.02. The first-order chi connectivity index (χ1) is 10.7. The molecule has 0 saturated carbocycles. The molecule has 5 heteroatoms. The Balaban J connectivity index is 1.92. The fraction of sp³-hybridized carbons (Fsp3) is 0.118. The van der Waals surface area contributed by atoms with Crippen LogP contribution in [0.2, 0.25) is 10.0 Å². The van der Waals surface area contributed by atoms with Crippen molar-refractivity contribution in [3.63, 3.8) is 0 Å². The number of fused-ring (bicyclic) bond motifs is 1. The zero-order valence-corrected chi connectivity index (χ0v) is 13.2. The second kappa shape index (κ2) is 5.34. The van der Waals surface area contributed by atoms with Crippen molar-refractivity contribution >= 4 is 29.0 Å². The lowest BCUT2D eigenvalue weighted by atomic mass is 10.1. The number of aromatic nitrogens is 2. The molecular weight excluding hydrogens is 317 g/mol. The number of rotatable bonds is 2. The van der Waals surface area contributed by atoms with Crippen LogP contribution in [-0.4, -0.2) is 16.3 Å². The van der Waals surface area contributed by atoms with Crippen LogP contribution in [0.5, 0.6) is 0 Å². The molecule has 3 nitrogen and oxygen atoms in total. The first-order valence-corrected chi connectivity index (χ1v) is 7.86. The number of hydrogen-bond donors (Lipinski definition) is 1. The molecule has 1 aromatic heterocycles. The maximum Gasteiger partial charge on any atom is 0.133 e. The molecule has 2 heterocycles. The highest BCUT2D eigenvalue weighted by Gasteiger charge is 2.24. The SMILES string of the molecule is Clc1ccc(-n2nc(-c3ccccc3)c3c2NCC3)c(Cl)c1. The minimum atomic E-state index is 0.589. The number of anilines is 1. The van der Waals surface area contributed by atoms with E-state index in [1.165, 1.54) is 5.56 Å². The number of halogens is 2. The van der Waals surface area contributed by atoms with Gasteiger partial charge in [-0.3, -0.25) is 0 Å². The summed E-state index contributed by atoms with van der Waals surface area (Å²) in [6.07, 6.45) is 0.963.